The molecule has 88 valence electrons. The fourth-order valence-corrected chi connectivity index (χ4v) is 2.31. The summed E-state index contributed by atoms with van der Waals surface area (Å²) >= 11 is 0. The molecule has 0 rings (SSSR count). The van der Waals surface area contributed by atoms with E-state index in [1.807, 2.05) is 6.92 Å². The lowest BCUT2D eigenvalue weighted by Crippen LogP contribution is -2.34. The van der Waals surface area contributed by atoms with E-state index >= 15 is 0 Å². The third-order valence-electron chi connectivity index (χ3n) is 2.05. The van der Waals surface area contributed by atoms with Crippen LogP contribution in [0.5, 0.6) is 0 Å². The van der Waals surface area contributed by atoms with E-state index in [-0.39, 0.29) is 6.04 Å². The van der Waals surface area contributed by atoms with Crippen LogP contribution < -0.4 is 4.72 Å². The molecule has 0 aliphatic rings. The molecule has 1 atom stereocenters. The predicted octanol–water partition coefficient (Wildman–Crippen LogP) is 1.64. The number of hydrogen-bond acceptors (Lipinski definition) is 3. The first-order valence-electron chi connectivity index (χ1n) is 5.24. The second kappa shape index (κ2) is 6.81. The summed E-state index contributed by atoms with van der Waals surface area (Å²) in [6.45, 7) is 6.12. The van der Waals surface area contributed by atoms with Gasteiger partial charge in [-0.2, -0.15) is 5.26 Å². The van der Waals surface area contributed by atoms with Crippen LogP contribution in [0.4, 0.5) is 0 Å². The third-order valence-corrected chi connectivity index (χ3v) is 3.32. The van der Waals surface area contributed by atoms with Crippen molar-refractivity contribution < 1.29 is 8.42 Å². The molecule has 0 aromatic heterocycles. The van der Waals surface area contributed by atoms with Crippen molar-refractivity contribution in [3.8, 4) is 6.07 Å². The SMILES string of the molecule is CC(C)CCCC(C)NS(=O)(=O)CC#N. The third kappa shape index (κ3) is 8.40. The van der Waals surface area contributed by atoms with Crippen LogP contribution in [-0.4, -0.2) is 20.2 Å². The van der Waals surface area contributed by atoms with Gasteiger partial charge >= 0.3 is 0 Å². The molecule has 5 heteroatoms. The van der Waals surface area contributed by atoms with Gasteiger partial charge in [-0.1, -0.05) is 26.7 Å². The minimum Gasteiger partial charge on any atom is -0.212 e. The average molecular weight is 232 g/mol. The van der Waals surface area contributed by atoms with Gasteiger partial charge < -0.3 is 0 Å². The predicted molar refractivity (Wildman–Crippen MR) is 60.7 cm³/mol. The molecular weight excluding hydrogens is 212 g/mol. The van der Waals surface area contributed by atoms with Gasteiger partial charge in [0.25, 0.3) is 0 Å². The van der Waals surface area contributed by atoms with Crippen LogP contribution in [0.15, 0.2) is 0 Å². The summed E-state index contributed by atoms with van der Waals surface area (Å²) in [5, 5.41) is 8.29. The Morgan fingerprint density at radius 3 is 2.33 bits per heavy atom. The molecule has 0 aliphatic carbocycles. The highest BCUT2D eigenvalue weighted by atomic mass is 32.2. The zero-order chi connectivity index (χ0) is 11.9. The van der Waals surface area contributed by atoms with Crippen molar-refractivity contribution in [1.82, 2.24) is 4.72 Å². The Balaban J connectivity index is 3.84. The number of nitrogens with zero attached hydrogens (tertiary/aromatic N) is 1. The second-order valence-corrected chi connectivity index (χ2v) is 6.01. The van der Waals surface area contributed by atoms with Crippen LogP contribution in [0.25, 0.3) is 0 Å². The Kier molecular flexibility index (Phi) is 6.53. The lowest BCUT2D eigenvalue weighted by atomic mass is 10.0. The Bertz CT molecular complexity index is 304. The fourth-order valence-electron chi connectivity index (χ4n) is 1.32. The average Bonchev–Trinajstić information content (AvgIpc) is 2.01. The van der Waals surface area contributed by atoms with Gasteiger partial charge in [-0.25, -0.2) is 13.1 Å². The van der Waals surface area contributed by atoms with Gasteiger partial charge in [0.05, 0.1) is 6.07 Å². The van der Waals surface area contributed by atoms with Crippen molar-refractivity contribution >= 4 is 10.0 Å². The van der Waals surface area contributed by atoms with Crippen LogP contribution in [0.2, 0.25) is 0 Å². The van der Waals surface area contributed by atoms with E-state index in [1.165, 1.54) is 0 Å². The molecule has 0 aliphatic heterocycles. The van der Waals surface area contributed by atoms with E-state index in [4.69, 9.17) is 5.26 Å². The Hall–Kier alpha value is -0.600. The maximum Gasteiger partial charge on any atom is 0.225 e. The van der Waals surface area contributed by atoms with Gasteiger partial charge in [-0.3, -0.25) is 0 Å². The fraction of sp³-hybridized carbons (Fsp3) is 0.900. The summed E-state index contributed by atoms with van der Waals surface area (Å²) in [6.07, 6.45) is 2.93. The molecule has 0 aromatic carbocycles. The molecular formula is C10H20N2O2S. The van der Waals surface area contributed by atoms with E-state index < -0.39 is 15.8 Å². The van der Waals surface area contributed by atoms with Gasteiger partial charge in [-0.05, 0) is 19.3 Å². The summed E-state index contributed by atoms with van der Waals surface area (Å²) in [5.74, 6) is 0.189. The standard InChI is InChI=1S/C10H20N2O2S/c1-9(2)5-4-6-10(3)12-15(13,14)8-7-11/h9-10,12H,4-6,8H2,1-3H3. The van der Waals surface area contributed by atoms with Crippen LogP contribution in [-0.2, 0) is 10.0 Å². The Morgan fingerprint density at radius 1 is 1.27 bits per heavy atom. The minimum absolute atomic E-state index is 0.0814. The van der Waals surface area contributed by atoms with Crippen LogP contribution >= 0.6 is 0 Å². The van der Waals surface area contributed by atoms with Gasteiger partial charge in [0.15, 0.2) is 5.75 Å². The first-order chi connectivity index (χ1) is 6.87. The van der Waals surface area contributed by atoms with Crippen LogP contribution in [0.3, 0.4) is 0 Å². The highest BCUT2D eigenvalue weighted by molar-refractivity contribution is 7.89. The zero-order valence-electron chi connectivity index (χ0n) is 9.66. The molecule has 1 N–H and O–H groups in total. The van der Waals surface area contributed by atoms with E-state index in [0.29, 0.717) is 5.92 Å². The van der Waals surface area contributed by atoms with Crippen molar-refractivity contribution in [2.75, 3.05) is 5.75 Å². The normalized spacial score (nSPS) is 13.8. The van der Waals surface area contributed by atoms with Crippen molar-refractivity contribution in [3.05, 3.63) is 0 Å². The number of rotatable bonds is 7. The first kappa shape index (κ1) is 14.4. The molecule has 0 heterocycles. The molecule has 0 saturated heterocycles. The monoisotopic (exact) mass is 232 g/mol. The second-order valence-electron chi connectivity index (χ2n) is 4.26. The number of nitriles is 1. The van der Waals surface area contributed by atoms with Crippen LogP contribution in [0.1, 0.15) is 40.0 Å². The summed E-state index contributed by atoms with van der Waals surface area (Å²) in [5.41, 5.74) is 0. The smallest absolute Gasteiger partial charge is 0.212 e. The van der Waals surface area contributed by atoms with Crippen molar-refractivity contribution in [3.63, 3.8) is 0 Å². The molecule has 0 fully saturated rings. The molecule has 0 spiro atoms. The topological polar surface area (TPSA) is 70.0 Å². The Labute approximate surface area is 92.7 Å². The number of hydrogen-bond donors (Lipinski definition) is 1. The molecule has 0 bridgehead atoms. The molecule has 0 amide bonds. The summed E-state index contributed by atoms with van der Waals surface area (Å²) in [6, 6.07) is 1.56. The minimum atomic E-state index is -3.39. The van der Waals surface area contributed by atoms with Gasteiger partial charge in [0, 0.05) is 6.04 Å². The van der Waals surface area contributed by atoms with E-state index in [9.17, 15) is 8.42 Å². The summed E-state index contributed by atoms with van der Waals surface area (Å²) in [7, 11) is -3.39. The highest BCUT2D eigenvalue weighted by Gasteiger charge is 2.13. The van der Waals surface area contributed by atoms with Crippen molar-refractivity contribution in [2.45, 2.75) is 46.1 Å². The molecule has 1 unspecified atom stereocenters. The lowest BCUT2D eigenvalue weighted by molar-refractivity contribution is 0.489. The summed E-state index contributed by atoms with van der Waals surface area (Å²) in [4.78, 5) is 0. The largest absolute Gasteiger partial charge is 0.225 e. The molecule has 4 nitrogen and oxygen atoms in total. The molecule has 0 radical (unpaired) electrons. The zero-order valence-corrected chi connectivity index (χ0v) is 10.5. The Morgan fingerprint density at radius 2 is 1.87 bits per heavy atom. The van der Waals surface area contributed by atoms with Crippen molar-refractivity contribution in [2.24, 2.45) is 5.92 Å². The summed E-state index contributed by atoms with van der Waals surface area (Å²) < 4.78 is 24.9. The maximum absolute atomic E-state index is 11.2. The van der Waals surface area contributed by atoms with E-state index in [2.05, 4.69) is 18.6 Å². The van der Waals surface area contributed by atoms with E-state index in [0.717, 1.165) is 19.3 Å². The quantitative estimate of drug-likeness (QED) is 0.725. The lowest BCUT2D eigenvalue weighted by Gasteiger charge is -2.13. The maximum atomic E-state index is 11.2. The van der Waals surface area contributed by atoms with Gasteiger partial charge in [0.2, 0.25) is 10.0 Å². The van der Waals surface area contributed by atoms with E-state index in [1.54, 1.807) is 6.07 Å². The van der Waals surface area contributed by atoms with Gasteiger partial charge in [0.1, 0.15) is 0 Å². The number of sulfonamides is 1. The van der Waals surface area contributed by atoms with Crippen LogP contribution in [0, 0.1) is 17.2 Å². The first-order valence-corrected chi connectivity index (χ1v) is 6.89. The molecule has 0 saturated carbocycles. The van der Waals surface area contributed by atoms with Crippen molar-refractivity contribution in [1.29, 1.82) is 5.26 Å². The molecule has 15 heavy (non-hydrogen) atoms. The number of nitrogens with one attached hydrogen (secondary N) is 1. The van der Waals surface area contributed by atoms with Gasteiger partial charge in [-0.15, -0.1) is 0 Å². The molecule has 0 aromatic rings. The highest BCUT2D eigenvalue weighted by Crippen LogP contribution is 2.08.